The molecule has 4 unspecified atom stereocenters. The highest BCUT2D eigenvalue weighted by Crippen LogP contribution is 2.59. The molecule has 0 spiro atoms. The highest BCUT2D eigenvalue weighted by atomic mass is 35.7. The van der Waals surface area contributed by atoms with Crippen LogP contribution in [0.15, 0.2) is 28.1 Å². The topological polar surface area (TPSA) is 115 Å². The molecule has 3 rings (SSSR count). The van der Waals surface area contributed by atoms with Crippen molar-refractivity contribution in [3.8, 4) is 0 Å². The normalized spacial score (nSPS) is 27.5. The lowest BCUT2D eigenvalue weighted by atomic mass is 10.2. The van der Waals surface area contributed by atoms with Gasteiger partial charge in [-0.15, -0.1) is 0 Å². The van der Waals surface area contributed by atoms with Gasteiger partial charge in [0.05, 0.1) is 25.9 Å². The number of aryl methyl sites for hydroxylation is 1. The smallest absolute Gasteiger partial charge is 0.363 e. The van der Waals surface area contributed by atoms with Gasteiger partial charge in [-0.25, -0.2) is 9.46 Å². The zero-order chi connectivity index (χ0) is 21.2. The minimum atomic E-state index is -3.60. The molecule has 10 nitrogen and oxygen atoms in total. The van der Waals surface area contributed by atoms with E-state index in [0.717, 1.165) is 12.8 Å². The Labute approximate surface area is 173 Å². The Morgan fingerprint density at radius 2 is 2.21 bits per heavy atom. The van der Waals surface area contributed by atoms with E-state index in [4.69, 9.17) is 25.2 Å². The fourth-order valence-corrected chi connectivity index (χ4v) is 5.67. The highest BCUT2D eigenvalue weighted by Gasteiger charge is 2.41. The minimum absolute atomic E-state index is 0.0238. The van der Waals surface area contributed by atoms with E-state index in [0.29, 0.717) is 31.0 Å². The third-order valence-corrected chi connectivity index (χ3v) is 7.52. The fraction of sp³-hybridized carbons (Fsp3) is 0.647. The zero-order valence-corrected chi connectivity index (χ0v) is 18.1. The lowest BCUT2D eigenvalue weighted by Crippen LogP contribution is -2.47. The Balaban J connectivity index is 1.64. The number of rotatable bonds is 7. The Morgan fingerprint density at radius 3 is 2.93 bits per heavy atom. The number of hydrogen-bond donors (Lipinski definition) is 2. The average Bonchev–Trinajstić information content (AvgIpc) is 3.20. The van der Waals surface area contributed by atoms with Crippen LogP contribution in [-0.4, -0.2) is 59.7 Å². The van der Waals surface area contributed by atoms with E-state index >= 15 is 0 Å². The van der Waals surface area contributed by atoms with Crippen LogP contribution < -0.4 is 16.6 Å². The highest BCUT2D eigenvalue weighted by molar-refractivity contribution is 7.83. The second-order valence-electron chi connectivity index (χ2n) is 7.09. The van der Waals surface area contributed by atoms with Crippen LogP contribution in [0.3, 0.4) is 0 Å². The van der Waals surface area contributed by atoms with Gasteiger partial charge in [0.2, 0.25) is 0 Å². The number of hydrogen-bond acceptors (Lipinski definition) is 7. The van der Waals surface area contributed by atoms with Gasteiger partial charge in [-0.1, -0.05) is 6.58 Å². The number of morpholine rings is 1. The van der Waals surface area contributed by atoms with Crippen molar-refractivity contribution in [1.29, 1.82) is 0 Å². The zero-order valence-electron chi connectivity index (χ0n) is 16.4. The van der Waals surface area contributed by atoms with Crippen molar-refractivity contribution in [1.82, 2.24) is 19.5 Å². The van der Waals surface area contributed by atoms with Gasteiger partial charge in [0, 0.05) is 31.4 Å². The maximum Gasteiger partial charge on any atom is 0.363 e. The molecule has 0 aliphatic carbocycles. The summed E-state index contributed by atoms with van der Waals surface area (Å²) in [5.41, 5.74) is -0.596. The number of halogens is 1. The molecule has 2 fully saturated rings. The first kappa shape index (κ1) is 22.3. The predicted octanol–water partition coefficient (Wildman–Crippen LogP) is 1.32. The number of H-pyrrole nitrogens is 1. The summed E-state index contributed by atoms with van der Waals surface area (Å²) in [5, 5.41) is 3.15. The number of nitrogens with zero attached hydrogens (tertiary/aromatic N) is 2. The first-order valence-electron chi connectivity index (χ1n) is 9.35. The Hall–Kier alpha value is -1.42. The second kappa shape index (κ2) is 9.16. The summed E-state index contributed by atoms with van der Waals surface area (Å²) in [6, 6.07) is -0.260. The van der Waals surface area contributed by atoms with Crippen LogP contribution >= 0.6 is 18.1 Å². The van der Waals surface area contributed by atoms with Gasteiger partial charge in [-0.05, 0) is 31.0 Å². The molecule has 2 N–H and O–H groups in total. The van der Waals surface area contributed by atoms with Crippen LogP contribution in [0.1, 0.15) is 24.6 Å². The molecule has 1 aromatic heterocycles. The van der Waals surface area contributed by atoms with Crippen LogP contribution in [0.2, 0.25) is 0 Å². The van der Waals surface area contributed by atoms with Gasteiger partial charge in [0.25, 0.3) is 5.56 Å². The van der Waals surface area contributed by atoms with Crippen LogP contribution in [0, 0.1) is 6.92 Å². The number of methoxy groups -OCH3 is 1. The van der Waals surface area contributed by atoms with Crippen molar-refractivity contribution in [3.05, 3.63) is 44.9 Å². The van der Waals surface area contributed by atoms with Gasteiger partial charge >= 0.3 is 12.6 Å². The first-order chi connectivity index (χ1) is 13.7. The van der Waals surface area contributed by atoms with Gasteiger partial charge in [0.15, 0.2) is 6.23 Å². The van der Waals surface area contributed by atoms with Crippen LogP contribution in [0.4, 0.5) is 0 Å². The number of aromatic amines is 1. The van der Waals surface area contributed by atoms with E-state index in [-0.39, 0.29) is 12.6 Å². The number of aromatic nitrogens is 2. The van der Waals surface area contributed by atoms with E-state index in [1.165, 1.54) is 17.9 Å². The molecule has 2 aliphatic rings. The van der Waals surface area contributed by atoms with Crippen molar-refractivity contribution in [3.63, 3.8) is 0 Å². The summed E-state index contributed by atoms with van der Waals surface area (Å²) in [6.45, 7) is 3.16. The van der Waals surface area contributed by atoms with Crippen LogP contribution in [0.5, 0.6) is 0 Å². The van der Waals surface area contributed by atoms with E-state index in [9.17, 15) is 14.2 Å². The van der Waals surface area contributed by atoms with Crippen molar-refractivity contribution in [2.75, 3.05) is 33.4 Å². The molecule has 0 radical (unpaired) electrons. The van der Waals surface area contributed by atoms with E-state index < -0.39 is 30.5 Å². The molecular formula is C17H26ClN4O6P. The summed E-state index contributed by atoms with van der Waals surface area (Å²) in [5.74, 6) is 0.496. The van der Waals surface area contributed by atoms with Gasteiger partial charge in [-0.2, -0.15) is 0 Å². The number of nitrogens with one attached hydrogen (secondary N) is 2. The molecule has 0 saturated carbocycles. The largest absolute Gasteiger partial charge is 0.500 e. The molecule has 0 aromatic carbocycles. The molecule has 29 heavy (non-hydrogen) atoms. The third kappa shape index (κ3) is 5.02. The average molecular weight is 449 g/mol. The second-order valence-corrected chi connectivity index (χ2v) is 10.0. The Morgan fingerprint density at radius 1 is 1.45 bits per heavy atom. The quantitative estimate of drug-likeness (QED) is 0.474. The van der Waals surface area contributed by atoms with Crippen molar-refractivity contribution >= 4 is 18.1 Å². The molecule has 162 valence electrons. The molecule has 0 amide bonds. The molecule has 4 atom stereocenters. The summed E-state index contributed by atoms with van der Waals surface area (Å²) in [4.78, 5) is 25.9. The molecule has 0 bridgehead atoms. The molecule has 1 aromatic rings. The maximum absolute atomic E-state index is 13.0. The van der Waals surface area contributed by atoms with Crippen molar-refractivity contribution in [2.24, 2.45) is 0 Å². The minimum Gasteiger partial charge on any atom is -0.500 e. The summed E-state index contributed by atoms with van der Waals surface area (Å²) >= 11 is 6.27. The SMILES string of the molecule is C=C(OC)C1CCCN1P(=O)(Cl)OCC1CNCC(n2cc(C)c(=O)[nH]c2=O)O1. The molecule has 2 aliphatic heterocycles. The molecular weight excluding hydrogens is 423 g/mol. The van der Waals surface area contributed by atoms with Crippen LogP contribution in [-0.2, 0) is 18.6 Å². The monoisotopic (exact) mass is 448 g/mol. The molecule has 12 heteroatoms. The maximum atomic E-state index is 13.0. The van der Waals surface area contributed by atoms with Crippen molar-refractivity contribution in [2.45, 2.75) is 38.1 Å². The van der Waals surface area contributed by atoms with E-state index in [1.807, 2.05) is 0 Å². The van der Waals surface area contributed by atoms with Gasteiger partial charge < -0.3 is 19.3 Å². The first-order valence-corrected chi connectivity index (χ1v) is 11.8. The van der Waals surface area contributed by atoms with E-state index in [2.05, 4.69) is 16.9 Å². The third-order valence-electron chi connectivity index (χ3n) is 5.08. The summed E-state index contributed by atoms with van der Waals surface area (Å²) in [6.07, 6.45) is 1.89. The van der Waals surface area contributed by atoms with E-state index in [1.54, 1.807) is 11.6 Å². The molecule has 2 saturated heterocycles. The fourth-order valence-electron chi connectivity index (χ4n) is 3.50. The Kier molecular flexibility index (Phi) is 7.03. The standard InChI is InChI=1S/C17H26ClN4O6P/c1-11-9-21(17(24)20-16(11)23)15-8-19-7-13(28-15)10-27-29(18,25)22-6-4-5-14(22)12(2)26-3/h9,13-15,19H,2,4-8,10H2,1,3H3,(H,20,23,24). The van der Waals surface area contributed by atoms with Crippen LogP contribution in [0.25, 0.3) is 0 Å². The van der Waals surface area contributed by atoms with Gasteiger partial charge in [-0.3, -0.25) is 18.9 Å². The summed E-state index contributed by atoms with van der Waals surface area (Å²) in [7, 11) is 1.51. The van der Waals surface area contributed by atoms with Gasteiger partial charge in [0.1, 0.15) is 5.76 Å². The lowest BCUT2D eigenvalue weighted by Gasteiger charge is -2.33. The predicted molar refractivity (Wildman–Crippen MR) is 108 cm³/mol. The number of ether oxygens (including phenoxy) is 2. The van der Waals surface area contributed by atoms with Crippen molar-refractivity contribution < 1.29 is 18.6 Å². The molecule has 3 heterocycles. The summed E-state index contributed by atoms with van der Waals surface area (Å²) < 4.78 is 32.6. The lowest BCUT2D eigenvalue weighted by molar-refractivity contribution is -0.0934. The Bertz CT molecular complexity index is 918.